The molecule has 2 aliphatic rings. The van der Waals surface area contributed by atoms with E-state index in [0.717, 1.165) is 12.8 Å². The van der Waals surface area contributed by atoms with Gasteiger partial charge < -0.3 is 0 Å². The Bertz CT molecular complexity index is 341. The standard InChI is InChI=1S/C11H20FN2O2S/c12-11-4-7-13(10-11)8-9-17(15,16)14-5-2-1-3-6-14/h1,11H,2-10H2/t11-/m0/s1. The topological polar surface area (TPSA) is 40.6 Å². The van der Waals surface area contributed by atoms with Gasteiger partial charge in [0.25, 0.3) is 0 Å². The Morgan fingerprint density at radius 2 is 1.94 bits per heavy atom. The molecule has 17 heavy (non-hydrogen) atoms. The van der Waals surface area contributed by atoms with E-state index in [4.69, 9.17) is 0 Å². The molecule has 0 saturated carbocycles. The number of sulfonamides is 1. The minimum absolute atomic E-state index is 0.125. The molecule has 2 heterocycles. The smallest absolute Gasteiger partial charge is 0.215 e. The molecule has 0 aromatic heterocycles. The Hall–Kier alpha value is -0.200. The molecule has 0 amide bonds. The maximum atomic E-state index is 12.9. The van der Waals surface area contributed by atoms with Crippen molar-refractivity contribution in [1.82, 2.24) is 9.21 Å². The third-order valence-electron chi connectivity index (χ3n) is 3.44. The van der Waals surface area contributed by atoms with Crippen LogP contribution in [0.2, 0.25) is 0 Å². The summed E-state index contributed by atoms with van der Waals surface area (Å²) in [6.07, 6.45) is 3.58. The lowest BCUT2D eigenvalue weighted by atomic mass is 10.2. The van der Waals surface area contributed by atoms with Crippen LogP contribution < -0.4 is 0 Å². The summed E-state index contributed by atoms with van der Waals surface area (Å²) >= 11 is 0. The van der Waals surface area contributed by atoms with E-state index in [1.165, 1.54) is 0 Å². The monoisotopic (exact) mass is 263 g/mol. The van der Waals surface area contributed by atoms with E-state index in [2.05, 4.69) is 6.42 Å². The van der Waals surface area contributed by atoms with Gasteiger partial charge in [-0.2, -0.15) is 0 Å². The average molecular weight is 263 g/mol. The maximum Gasteiger partial charge on any atom is 0.215 e. The molecule has 0 aromatic rings. The van der Waals surface area contributed by atoms with Crippen LogP contribution in [0, 0.1) is 6.42 Å². The summed E-state index contributed by atoms with van der Waals surface area (Å²) in [7, 11) is -3.14. The average Bonchev–Trinajstić information content (AvgIpc) is 2.74. The number of halogens is 1. The molecule has 2 saturated heterocycles. The van der Waals surface area contributed by atoms with Gasteiger partial charge in [-0.05, 0) is 25.7 Å². The number of hydrogen-bond donors (Lipinski definition) is 0. The van der Waals surface area contributed by atoms with Gasteiger partial charge in [0.1, 0.15) is 6.17 Å². The molecule has 6 heteroatoms. The molecule has 2 fully saturated rings. The zero-order chi connectivity index (χ0) is 12.3. The summed E-state index contributed by atoms with van der Waals surface area (Å²) in [6.45, 7) is 2.75. The minimum atomic E-state index is -3.14. The van der Waals surface area contributed by atoms with Crippen molar-refractivity contribution in [3.8, 4) is 0 Å². The van der Waals surface area contributed by atoms with Gasteiger partial charge in [-0.1, -0.05) is 0 Å². The van der Waals surface area contributed by atoms with Crippen molar-refractivity contribution < 1.29 is 12.8 Å². The van der Waals surface area contributed by atoms with Crippen LogP contribution in [0.25, 0.3) is 0 Å². The van der Waals surface area contributed by atoms with Gasteiger partial charge in [0.05, 0.1) is 5.75 Å². The SMILES string of the molecule is O=S(=O)(CCN1CC[C@H](F)C1)N1CC[CH]CC1. The number of hydrogen-bond acceptors (Lipinski definition) is 3. The molecule has 2 rings (SSSR count). The van der Waals surface area contributed by atoms with Crippen molar-refractivity contribution in [3.05, 3.63) is 6.42 Å². The van der Waals surface area contributed by atoms with E-state index in [1.54, 1.807) is 4.31 Å². The second kappa shape index (κ2) is 5.63. The van der Waals surface area contributed by atoms with Crippen LogP contribution in [0.5, 0.6) is 0 Å². The normalized spacial score (nSPS) is 28.6. The maximum absolute atomic E-state index is 12.9. The first-order chi connectivity index (χ1) is 8.08. The quantitative estimate of drug-likeness (QED) is 0.748. The Balaban J connectivity index is 1.80. The van der Waals surface area contributed by atoms with Crippen LogP contribution in [0.15, 0.2) is 0 Å². The summed E-state index contributed by atoms with van der Waals surface area (Å²) in [5.74, 6) is 0.125. The summed E-state index contributed by atoms with van der Waals surface area (Å²) in [4.78, 5) is 1.90. The fourth-order valence-corrected chi connectivity index (χ4v) is 3.88. The van der Waals surface area contributed by atoms with Gasteiger partial charge in [-0.25, -0.2) is 17.1 Å². The van der Waals surface area contributed by atoms with Gasteiger partial charge in [0.2, 0.25) is 10.0 Å². The Labute approximate surface area is 103 Å². The van der Waals surface area contributed by atoms with Crippen LogP contribution in [-0.2, 0) is 10.0 Å². The summed E-state index contributed by atoms with van der Waals surface area (Å²) in [5, 5.41) is 0. The molecule has 0 N–H and O–H groups in total. The van der Waals surface area contributed by atoms with Crippen molar-refractivity contribution in [3.63, 3.8) is 0 Å². The number of nitrogens with zero attached hydrogens (tertiary/aromatic N) is 2. The molecule has 0 spiro atoms. The number of piperidine rings is 1. The zero-order valence-corrected chi connectivity index (χ0v) is 10.8. The molecule has 1 radical (unpaired) electrons. The molecular weight excluding hydrogens is 243 g/mol. The molecule has 4 nitrogen and oxygen atoms in total. The van der Waals surface area contributed by atoms with Crippen LogP contribution in [0.1, 0.15) is 19.3 Å². The molecule has 99 valence electrons. The lowest BCUT2D eigenvalue weighted by Crippen LogP contribution is -2.40. The van der Waals surface area contributed by atoms with E-state index in [1.807, 2.05) is 4.90 Å². The van der Waals surface area contributed by atoms with Crippen molar-refractivity contribution in [1.29, 1.82) is 0 Å². The van der Waals surface area contributed by atoms with Gasteiger partial charge in [0, 0.05) is 32.7 Å². The van der Waals surface area contributed by atoms with E-state index in [9.17, 15) is 12.8 Å². The van der Waals surface area contributed by atoms with Gasteiger partial charge in [-0.15, -0.1) is 0 Å². The van der Waals surface area contributed by atoms with Crippen molar-refractivity contribution in [2.24, 2.45) is 0 Å². The Morgan fingerprint density at radius 1 is 1.24 bits per heavy atom. The first-order valence-electron chi connectivity index (χ1n) is 6.24. The summed E-state index contributed by atoms with van der Waals surface area (Å²) in [6, 6.07) is 0. The van der Waals surface area contributed by atoms with Crippen LogP contribution >= 0.6 is 0 Å². The lowest BCUT2D eigenvalue weighted by molar-refractivity contribution is 0.296. The molecular formula is C11H20FN2O2S. The number of likely N-dealkylation sites (tertiary alicyclic amines) is 1. The lowest BCUT2D eigenvalue weighted by Gasteiger charge is -2.26. The van der Waals surface area contributed by atoms with E-state index in [0.29, 0.717) is 39.1 Å². The highest BCUT2D eigenvalue weighted by Crippen LogP contribution is 2.15. The first kappa shape index (κ1) is 13.2. The zero-order valence-electron chi connectivity index (χ0n) is 10.0. The van der Waals surface area contributed by atoms with Crippen molar-refractivity contribution in [2.45, 2.75) is 25.4 Å². The third-order valence-corrected chi connectivity index (χ3v) is 5.29. The first-order valence-corrected chi connectivity index (χ1v) is 7.85. The highest BCUT2D eigenvalue weighted by atomic mass is 32.2. The van der Waals surface area contributed by atoms with Gasteiger partial charge in [-0.3, -0.25) is 4.90 Å². The summed E-state index contributed by atoms with van der Waals surface area (Å²) < 4.78 is 38.5. The Morgan fingerprint density at radius 3 is 2.53 bits per heavy atom. The highest BCUT2D eigenvalue weighted by molar-refractivity contribution is 7.89. The van der Waals surface area contributed by atoms with E-state index in [-0.39, 0.29) is 5.75 Å². The molecule has 0 aliphatic carbocycles. The summed E-state index contributed by atoms with van der Waals surface area (Å²) in [5.41, 5.74) is 0. The number of rotatable bonds is 4. The van der Waals surface area contributed by atoms with E-state index >= 15 is 0 Å². The minimum Gasteiger partial charge on any atom is -0.299 e. The second-order valence-electron chi connectivity index (χ2n) is 4.77. The van der Waals surface area contributed by atoms with Crippen LogP contribution in [-0.4, -0.2) is 62.3 Å². The predicted molar refractivity (Wildman–Crippen MR) is 64.8 cm³/mol. The van der Waals surface area contributed by atoms with Gasteiger partial charge >= 0.3 is 0 Å². The molecule has 1 atom stereocenters. The molecule has 0 bridgehead atoms. The highest BCUT2D eigenvalue weighted by Gasteiger charge is 2.27. The predicted octanol–water partition coefficient (Wildman–Crippen LogP) is 0.660. The molecule has 0 aromatic carbocycles. The molecule has 0 unspecified atom stereocenters. The number of alkyl halides is 1. The fourth-order valence-electron chi connectivity index (χ4n) is 2.37. The van der Waals surface area contributed by atoms with E-state index < -0.39 is 16.2 Å². The largest absolute Gasteiger partial charge is 0.299 e. The third kappa shape index (κ3) is 3.63. The molecule has 2 aliphatic heterocycles. The van der Waals surface area contributed by atoms with Crippen molar-refractivity contribution >= 4 is 10.0 Å². The van der Waals surface area contributed by atoms with Gasteiger partial charge in [0.15, 0.2) is 0 Å². The fraction of sp³-hybridized carbons (Fsp3) is 0.909. The second-order valence-corrected chi connectivity index (χ2v) is 6.86. The van der Waals surface area contributed by atoms with Crippen LogP contribution in [0.4, 0.5) is 4.39 Å². The van der Waals surface area contributed by atoms with Crippen molar-refractivity contribution in [2.75, 3.05) is 38.5 Å². The van der Waals surface area contributed by atoms with Crippen LogP contribution in [0.3, 0.4) is 0 Å². The Kier molecular flexibility index (Phi) is 4.38.